The summed E-state index contributed by atoms with van der Waals surface area (Å²) in [5.41, 5.74) is 1.95. The first-order chi connectivity index (χ1) is 11.1. The fraction of sp³-hybridized carbons (Fsp3) is 0.235. The Kier molecular flexibility index (Phi) is 4.98. The van der Waals surface area contributed by atoms with Crippen LogP contribution in [0.5, 0.6) is 5.75 Å². The first-order valence-corrected chi connectivity index (χ1v) is 8.63. The van der Waals surface area contributed by atoms with E-state index in [0.717, 1.165) is 16.2 Å². The van der Waals surface area contributed by atoms with Gasteiger partial charge in [-0.3, -0.25) is 0 Å². The van der Waals surface area contributed by atoms with Crippen molar-refractivity contribution in [2.24, 2.45) is 0 Å². The van der Waals surface area contributed by atoms with Crippen LogP contribution < -0.4 is 10.1 Å². The van der Waals surface area contributed by atoms with Crippen molar-refractivity contribution >= 4 is 29.5 Å². The minimum Gasteiger partial charge on any atom is -0.492 e. The predicted molar refractivity (Wildman–Crippen MR) is 91.5 cm³/mol. The van der Waals surface area contributed by atoms with E-state index in [2.05, 4.69) is 17.4 Å². The van der Waals surface area contributed by atoms with Crippen molar-refractivity contribution in [2.75, 3.05) is 6.61 Å². The Hall–Kier alpha value is -1.85. The molecule has 1 heterocycles. The zero-order valence-electron chi connectivity index (χ0n) is 12.3. The maximum atomic E-state index is 11.0. The van der Waals surface area contributed by atoms with E-state index in [0.29, 0.717) is 23.8 Å². The molecule has 0 spiro atoms. The molecule has 2 aromatic carbocycles. The van der Waals surface area contributed by atoms with Crippen LogP contribution in [-0.4, -0.2) is 17.8 Å². The summed E-state index contributed by atoms with van der Waals surface area (Å²) in [6, 6.07) is 13.6. The highest BCUT2D eigenvalue weighted by Crippen LogP contribution is 2.44. The molecule has 0 bridgehead atoms. The summed E-state index contributed by atoms with van der Waals surface area (Å²) in [5.74, 6) is 1.51. The molecule has 0 aromatic heterocycles. The van der Waals surface area contributed by atoms with Gasteiger partial charge >= 0.3 is 6.09 Å². The molecule has 0 saturated carbocycles. The third-order valence-electron chi connectivity index (χ3n) is 3.64. The Bertz CT molecular complexity index is 708. The number of amides is 1. The lowest BCUT2D eigenvalue weighted by molar-refractivity contribution is 0.181. The Labute approximate surface area is 143 Å². The Morgan fingerprint density at radius 1 is 1.30 bits per heavy atom. The molecule has 1 aliphatic heterocycles. The molecule has 1 amide bonds. The van der Waals surface area contributed by atoms with Crippen molar-refractivity contribution in [1.82, 2.24) is 5.32 Å². The number of hydrogen-bond acceptors (Lipinski definition) is 3. The van der Waals surface area contributed by atoms with E-state index in [1.165, 1.54) is 5.56 Å². The van der Waals surface area contributed by atoms with Crippen molar-refractivity contribution in [3.8, 4) is 5.75 Å². The van der Waals surface area contributed by atoms with Gasteiger partial charge in [-0.05, 0) is 17.7 Å². The van der Waals surface area contributed by atoms with Crippen molar-refractivity contribution in [3.63, 3.8) is 0 Å². The molecule has 0 fully saturated rings. The Balaban J connectivity index is 1.86. The van der Waals surface area contributed by atoms with Gasteiger partial charge in [0.15, 0.2) is 0 Å². The first-order valence-electron chi connectivity index (χ1n) is 7.26. The number of carboxylic acid groups (broad SMARTS) is 1. The van der Waals surface area contributed by atoms with E-state index in [4.69, 9.17) is 21.4 Å². The summed E-state index contributed by atoms with van der Waals surface area (Å²) in [4.78, 5) is 12.0. The van der Waals surface area contributed by atoms with Gasteiger partial charge in [-0.15, -0.1) is 11.8 Å². The largest absolute Gasteiger partial charge is 0.492 e. The average Bonchev–Trinajstić information content (AvgIpc) is 2.55. The molecular weight excluding hydrogens is 334 g/mol. The molecule has 2 aromatic rings. The summed E-state index contributed by atoms with van der Waals surface area (Å²) < 4.78 is 5.80. The second-order valence-electron chi connectivity index (χ2n) is 5.20. The number of halogens is 1. The van der Waals surface area contributed by atoms with Gasteiger partial charge in [0, 0.05) is 22.8 Å². The van der Waals surface area contributed by atoms with Gasteiger partial charge in [-0.1, -0.05) is 41.9 Å². The van der Waals surface area contributed by atoms with Gasteiger partial charge in [0.2, 0.25) is 0 Å². The fourth-order valence-corrected chi connectivity index (χ4v) is 3.85. The minimum atomic E-state index is -1.05. The van der Waals surface area contributed by atoms with Crippen molar-refractivity contribution < 1.29 is 14.6 Å². The summed E-state index contributed by atoms with van der Waals surface area (Å²) in [7, 11) is 0. The van der Waals surface area contributed by atoms with Gasteiger partial charge in [0.25, 0.3) is 0 Å². The highest BCUT2D eigenvalue weighted by molar-refractivity contribution is 7.98. The molecule has 0 radical (unpaired) electrons. The van der Waals surface area contributed by atoms with Crippen molar-refractivity contribution in [2.45, 2.75) is 23.1 Å². The van der Waals surface area contributed by atoms with Crippen LogP contribution >= 0.6 is 23.4 Å². The van der Waals surface area contributed by atoms with Crippen molar-refractivity contribution in [1.29, 1.82) is 0 Å². The Morgan fingerprint density at radius 3 is 2.83 bits per heavy atom. The minimum absolute atomic E-state index is 0.332. The predicted octanol–water partition coefficient (Wildman–Crippen LogP) is 4.72. The van der Waals surface area contributed by atoms with Gasteiger partial charge in [0.05, 0.1) is 17.5 Å². The lowest BCUT2D eigenvalue weighted by Crippen LogP contribution is -2.31. The SMILES string of the molecule is O=C(O)NC1CCOc2c(SCc3ccccc3)ccc(Cl)c21. The third-order valence-corrected chi connectivity index (χ3v) is 5.08. The van der Waals surface area contributed by atoms with Crippen molar-refractivity contribution in [3.05, 3.63) is 58.6 Å². The highest BCUT2D eigenvalue weighted by Gasteiger charge is 2.27. The number of ether oxygens (including phenoxy) is 1. The number of thioether (sulfide) groups is 1. The molecule has 3 rings (SSSR count). The standard InChI is InChI=1S/C17H16ClNO3S/c18-12-6-7-14(23-10-11-4-2-1-3-5-11)16-15(12)13(8-9-22-16)19-17(20)21/h1-7,13,19H,8-10H2,(H,20,21). The maximum absolute atomic E-state index is 11.0. The van der Waals surface area contributed by atoms with Crippen LogP contribution in [0.4, 0.5) is 4.79 Å². The Morgan fingerprint density at radius 2 is 2.09 bits per heavy atom. The summed E-state index contributed by atoms with van der Waals surface area (Å²) in [6.45, 7) is 0.469. The number of nitrogens with one attached hydrogen (secondary N) is 1. The van der Waals surface area contributed by atoms with E-state index in [1.807, 2.05) is 24.3 Å². The number of rotatable bonds is 4. The molecular formula is C17H16ClNO3S. The van der Waals surface area contributed by atoms with Gasteiger partial charge in [0.1, 0.15) is 5.75 Å². The number of benzene rings is 2. The van der Waals surface area contributed by atoms with Crippen LogP contribution in [0.15, 0.2) is 47.4 Å². The maximum Gasteiger partial charge on any atom is 0.405 e. The van der Waals surface area contributed by atoms with Gasteiger partial charge in [-0.25, -0.2) is 4.79 Å². The smallest absolute Gasteiger partial charge is 0.405 e. The van der Waals surface area contributed by atoms with Crippen LogP contribution in [-0.2, 0) is 5.75 Å². The van der Waals surface area contributed by atoms with Gasteiger partial charge in [-0.2, -0.15) is 0 Å². The monoisotopic (exact) mass is 349 g/mol. The number of fused-ring (bicyclic) bond motifs is 1. The third kappa shape index (κ3) is 3.74. The molecule has 6 heteroatoms. The molecule has 120 valence electrons. The quantitative estimate of drug-likeness (QED) is 0.784. The second kappa shape index (κ2) is 7.15. The summed E-state index contributed by atoms with van der Waals surface area (Å²) in [6.07, 6.45) is -0.479. The van der Waals surface area contributed by atoms with E-state index in [1.54, 1.807) is 17.8 Å². The van der Waals surface area contributed by atoms with Crippen LogP contribution in [0, 0.1) is 0 Å². The molecule has 0 saturated heterocycles. The molecule has 0 aliphatic carbocycles. The molecule has 1 aliphatic rings. The number of hydrogen-bond donors (Lipinski definition) is 2. The van der Waals surface area contributed by atoms with E-state index in [-0.39, 0.29) is 6.04 Å². The summed E-state index contributed by atoms with van der Waals surface area (Å²) >= 11 is 7.95. The lowest BCUT2D eigenvalue weighted by Gasteiger charge is -2.28. The van der Waals surface area contributed by atoms with Crippen LogP contribution in [0.3, 0.4) is 0 Å². The molecule has 2 N–H and O–H groups in total. The zero-order valence-corrected chi connectivity index (χ0v) is 13.9. The lowest BCUT2D eigenvalue weighted by atomic mass is 10.0. The first kappa shape index (κ1) is 16.0. The van der Waals surface area contributed by atoms with E-state index in [9.17, 15) is 4.79 Å². The number of carbonyl (C=O) groups is 1. The van der Waals surface area contributed by atoms with Crippen LogP contribution in [0.1, 0.15) is 23.6 Å². The average molecular weight is 350 g/mol. The van der Waals surface area contributed by atoms with Crippen LogP contribution in [0.2, 0.25) is 5.02 Å². The summed E-state index contributed by atoms with van der Waals surface area (Å²) in [5, 5.41) is 12.1. The zero-order chi connectivity index (χ0) is 16.2. The second-order valence-corrected chi connectivity index (χ2v) is 6.63. The van der Waals surface area contributed by atoms with E-state index < -0.39 is 6.09 Å². The van der Waals surface area contributed by atoms with Crippen LogP contribution in [0.25, 0.3) is 0 Å². The highest BCUT2D eigenvalue weighted by atomic mass is 35.5. The van der Waals surface area contributed by atoms with E-state index >= 15 is 0 Å². The molecule has 23 heavy (non-hydrogen) atoms. The molecule has 1 atom stereocenters. The fourth-order valence-electron chi connectivity index (χ4n) is 2.59. The van der Waals surface area contributed by atoms with Gasteiger partial charge < -0.3 is 15.2 Å². The normalized spacial score (nSPS) is 16.3. The molecule has 4 nitrogen and oxygen atoms in total. The molecule has 1 unspecified atom stereocenters. The topological polar surface area (TPSA) is 58.6 Å².